The Morgan fingerprint density at radius 3 is 2.72 bits per heavy atom. The third-order valence-corrected chi connectivity index (χ3v) is 2.71. The third-order valence-electron chi connectivity index (χ3n) is 2.71. The van der Waals surface area contributed by atoms with E-state index in [0.29, 0.717) is 18.8 Å². The van der Waals surface area contributed by atoms with Gasteiger partial charge in [0.1, 0.15) is 5.69 Å². The Hall–Kier alpha value is -1.47. The molecule has 1 atom stereocenters. The summed E-state index contributed by atoms with van der Waals surface area (Å²) in [5.74, 6) is -0.586. The smallest absolute Gasteiger partial charge is 0.271 e. The number of aryl methyl sites for hydroxylation is 1. The summed E-state index contributed by atoms with van der Waals surface area (Å²) in [5.41, 5.74) is 6.07. The number of nitrogens with two attached hydrogens (primary N) is 1. The molecule has 0 aliphatic heterocycles. The highest BCUT2D eigenvalue weighted by Crippen LogP contribution is 2.19. The van der Waals surface area contributed by atoms with Crippen LogP contribution in [0.1, 0.15) is 42.1 Å². The van der Waals surface area contributed by atoms with Gasteiger partial charge in [0, 0.05) is 27.4 Å². The molecule has 2 N–H and O–H groups in total. The summed E-state index contributed by atoms with van der Waals surface area (Å²) in [4.78, 5) is 11.3. The van der Waals surface area contributed by atoms with E-state index in [1.54, 1.807) is 18.9 Å². The van der Waals surface area contributed by atoms with E-state index in [4.69, 9.17) is 15.2 Å². The molecule has 0 saturated carbocycles. The lowest BCUT2D eigenvalue weighted by molar-refractivity contribution is 0.0959. The van der Waals surface area contributed by atoms with Gasteiger partial charge in [0.2, 0.25) is 0 Å². The molecule has 1 amide bonds. The van der Waals surface area contributed by atoms with E-state index in [-0.39, 0.29) is 11.8 Å². The van der Waals surface area contributed by atoms with Gasteiger partial charge in [0.25, 0.3) is 5.91 Å². The first-order valence-electron chi connectivity index (χ1n) is 5.86. The minimum Gasteiger partial charge on any atom is -0.385 e. The second-order valence-electron chi connectivity index (χ2n) is 3.99. The quantitative estimate of drug-likeness (QED) is 0.684. The summed E-state index contributed by atoms with van der Waals surface area (Å²) in [7, 11) is 3.23. The van der Waals surface area contributed by atoms with Crippen molar-refractivity contribution in [1.29, 1.82) is 0 Å². The van der Waals surface area contributed by atoms with Crippen LogP contribution in [0.15, 0.2) is 0 Å². The van der Waals surface area contributed by atoms with E-state index in [0.717, 1.165) is 12.8 Å². The molecule has 0 saturated heterocycles. The molecule has 0 fully saturated rings. The minimum atomic E-state index is -0.586. The lowest BCUT2D eigenvalue weighted by Gasteiger charge is -2.12. The molecule has 1 heterocycles. The monoisotopic (exact) mass is 256 g/mol. The van der Waals surface area contributed by atoms with Crippen molar-refractivity contribution in [1.82, 2.24) is 15.0 Å². The zero-order valence-corrected chi connectivity index (χ0v) is 11.0. The second-order valence-corrected chi connectivity index (χ2v) is 3.99. The number of unbranched alkanes of at least 4 members (excludes halogenated alkanes) is 1. The van der Waals surface area contributed by atoms with Gasteiger partial charge in [-0.3, -0.25) is 4.79 Å². The molecule has 1 aromatic heterocycles. The number of ether oxygens (including phenoxy) is 2. The maximum atomic E-state index is 11.3. The van der Waals surface area contributed by atoms with E-state index >= 15 is 0 Å². The fraction of sp³-hybridized carbons (Fsp3) is 0.727. The number of aromatic nitrogens is 3. The Bertz CT molecular complexity index is 392. The molecule has 102 valence electrons. The van der Waals surface area contributed by atoms with Crippen molar-refractivity contribution in [2.24, 2.45) is 5.73 Å². The first-order chi connectivity index (χ1) is 8.61. The summed E-state index contributed by atoms with van der Waals surface area (Å²) in [5, 5.41) is 7.76. The number of primary amides is 1. The molecule has 1 rings (SSSR count). The fourth-order valence-electron chi connectivity index (χ4n) is 1.68. The highest BCUT2D eigenvalue weighted by atomic mass is 16.5. The number of rotatable bonds is 8. The largest absolute Gasteiger partial charge is 0.385 e. The first-order valence-corrected chi connectivity index (χ1v) is 5.86. The Morgan fingerprint density at radius 2 is 2.17 bits per heavy atom. The van der Waals surface area contributed by atoms with Crippen molar-refractivity contribution in [2.75, 3.05) is 20.8 Å². The van der Waals surface area contributed by atoms with Crippen molar-refractivity contribution < 1.29 is 14.3 Å². The zero-order valence-electron chi connectivity index (χ0n) is 11.0. The van der Waals surface area contributed by atoms with Crippen molar-refractivity contribution in [3.63, 3.8) is 0 Å². The van der Waals surface area contributed by atoms with E-state index < -0.39 is 5.91 Å². The van der Waals surface area contributed by atoms with Gasteiger partial charge in [0.05, 0.1) is 6.10 Å². The predicted molar refractivity (Wildman–Crippen MR) is 65.1 cm³/mol. The Morgan fingerprint density at radius 1 is 1.44 bits per heavy atom. The summed E-state index contributed by atoms with van der Waals surface area (Å²) >= 11 is 0. The maximum Gasteiger partial charge on any atom is 0.271 e. The maximum absolute atomic E-state index is 11.3. The predicted octanol–water partition coefficient (Wildman–Crippen LogP) is 0.511. The Balaban J connectivity index is 2.80. The highest BCUT2D eigenvalue weighted by molar-refractivity contribution is 5.91. The van der Waals surface area contributed by atoms with Crippen LogP contribution < -0.4 is 5.73 Å². The molecule has 0 aliphatic carbocycles. The van der Waals surface area contributed by atoms with Gasteiger partial charge in [-0.2, -0.15) is 0 Å². The number of hydrogen-bond donors (Lipinski definition) is 1. The number of nitrogens with zero attached hydrogens (tertiary/aromatic N) is 3. The normalized spacial score (nSPS) is 12.6. The second kappa shape index (κ2) is 7.07. The number of methoxy groups -OCH3 is 2. The van der Waals surface area contributed by atoms with Crippen LogP contribution in [0.3, 0.4) is 0 Å². The standard InChI is InChI=1S/C11H20N4O3/c1-8(18-3)10-9(11(12)16)13-14-15(10)6-4-5-7-17-2/h8H,4-7H2,1-3H3,(H2,12,16). The molecule has 18 heavy (non-hydrogen) atoms. The van der Waals surface area contributed by atoms with Crippen LogP contribution in [0, 0.1) is 0 Å². The topological polar surface area (TPSA) is 92.3 Å². The molecule has 0 aliphatic rings. The van der Waals surface area contributed by atoms with Crippen LogP contribution in [0.2, 0.25) is 0 Å². The molecule has 0 aromatic carbocycles. The highest BCUT2D eigenvalue weighted by Gasteiger charge is 2.22. The summed E-state index contributed by atoms with van der Waals surface area (Å²) in [6.45, 7) is 3.19. The number of hydrogen-bond acceptors (Lipinski definition) is 5. The van der Waals surface area contributed by atoms with E-state index in [2.05, 4.69) is 10.3 Å². The number of carbonyl (C=O) groups is 1. The van der Waals surface area contributed by atoms with Crippen molar-refractivity contribution in [2.45, 2.75) is 32.4 Å². The molecule has 1 aromatic rings. The lowest BCUT2D eigenvalue weighted by atomic mass is 10.2. The molecular formula is C11H20N4O3. The van der Waals surface area contributed by atoms with Crippen molar-refractivity contribution >= 4 is 5.91 Å². The van der Waals surface area contributed by atoms with Crippen LogP contribution in [0.4, 0.5) is 0 Å². The zero-order chi connectivity index (χ0) is 13.5. The minimum absolute atomic E-state index is 0.177. The van der Waals surface area contributed by atoms with Gasteiger partial charge in [-0.25, -0.2) is 4.68 Å². The van der Waals surface area contributed by atoms with Crippen molar-refractivity contribution in [3.8, 4) is 0 Å². The van der Waals surface area contributed by atoms with Crippen LogP contribution in [-0.4, -0.2) is 41.7 Å². The van der Waals surface area contributed by atoms with E-state index in [1.165, 1.54) is 0 Å². The van der Waals surface area contributed by atoms with Gasteiger partial charge >= 0.3 is 0 Å². The molecule has 7 nitrogen and oxygen atoms in total. The Kier molecular flexibility index (Phi) is 5.73. The SMILES string of the molecule is COCCCCn1nnc(C(N)=O)c1C(C)OC. The summed E-state index contributed by atoms with van der Waals surface area (Å²) in [6.07, 6.45) is 1.53. The number of amides is 1. The fourth-order valence-corrected chi connectivity index (χ4v) is 1.68. The first kappa shape index (κ1) is 14.6. The molecule has 0 bridgehead atoms. The van der Waals surface area contributed by atoms with Gasteiger partial charge < -0.3 is 15.2 Å². The summed E-state index contributed by atoms with van der Waals surface area (Å²) < 4.78 is 11.9. The number of carbonyl (C=O) groups excluding carboxylic acids is 1. The summed E-state index contributed by atoms with van der Waals surface area (Å²) in [6, 6.07) is 0. The molecule has 1 unspecified atom stereocenters. The molecule has 7 heteroatoms. The average Bonchev–Trinajstić information content (AvgIpc) is 2.77. The van der Waals surface area contributed by atoms with Crippen LogP contribution in [0.5, 0.6) is 0 Å². The molecular weight excluding hydrogens is 236 g/mol. The lowest BCUT2D eigenvalue weighted by Crippen LogP contribution is -2.17. The van der Waals surface area contributed by atoms with E-state index in [9.17, 15) is 4.79 Å². The van der Waals surface area contributed by atoms with Crippen LogP contribution >= 0.6 is 0 Å². The van der Waals surface area contributed by atoms with Gasteiger partial charge in [-0.05, 0) is 19.8 Å². The van der Waals surface area contributed by atoms with Crippen LogP contribution in [0.25, 0.3) is 0 Å². The van der Waals surface area contributed by atoms with Gasteiger partial charge in [-0.15, -0.1) is 5.10 Å². The van der Waals surface area contributed by atoms with Gasteiger partial charge in [0.15, 0.2) is 5.69 Å². The van der Waals surface area contributed by atoms with E-state index in [1.807, 2.05) is 6.92 Å². The molecule has 0 spiro atoms. The van der Waals surface area contributed by atoms with Crippen molar-refractivity contribution in [3.05, 3.63) is 11.4 Å². The average molecular weight is 256 g/mol. The van der Waals surface area contributed by atoms with Gasteiger partial charge in [-0.1, -0.05) is 5.21 Å². The Labute approximate surface area is 106 Å². The van der Waals surface area contributed by atoms with Crippen LogP contribution in [-0.2, 0) is 16.0 Å². The third kappa shape index (κ3) is 3.51. The molecule has 0 radical (unpaired) electrons.